The first-order chi connectivity index (χ1) is 12.6. The molecule has 1 amide bonds. The van der Waals surface area contributed by atoms with Crippen LogP contribution in [0.3, 0.4) is 0 Å². The summed E-state index contributed by atoms with van der Waals surface area (Å²) >= 11 is 0. The molecule has 3 aromatic heterocycles. The maximum Gasteiger partial charge on any atom is 0.256 e. The Morgan fingerprint density at radius 2 is 2.15 bits per heavy atom. The SMILES string of the molecule is Cc1nc2c(cc1C(=O)N1CCNCC1c1cccnc1)c(C)nn2C. The Bertz CT molecular complexity index is 965. The minimum absolute atomic E-state index is 0.00973. The maximum absolute atomic E-state index is 13.4. The van der Waals surface area contributed by atoms with Gasteiger partial charge in [-0.25, -0.2) is 4.98 Å². The van der Waals surface area contributed by atoms with E-state index >= 15 is 0 Å². The predicted octanol–water partition coefficient (Wildman–Crippen LogP) is 1.77. The second kappa shape index (κ2) is 6.49. The van der Waals surface area contributed by atoms with Crippen molar-refractivity contribution < 1.29 is 4.79 Å². The van der Waals surface area contributed by atoms with Crippen LogP contribution >= 0.6 is 0 Å². The molecule has 1 atom stereocenters. The van der Waals surface area contributed by atoms with Crippen molar-refractivity contribution in [3.8, 4) is 0 Å². The van der Waals surface area contributed by atoms with E-state index in [-0.39, 0.29) is 11.9 Å². The fourth-order valence-corrected chi connectivity index (χ4v) is 3.62. The fraction of sp³-hybridized carbons (Fsp3) is 0.368. The van der Waals surface area contributed by atoms with Gasteiger partial charge in [-0.1, -0.05) is 6.07 Å². The molecule has 4 rings (SSSR count). The number of piperazine rings is 1. The van der Waals surface area contributed by atoms with E-state index in [1.54, 1.807) is 10.9 Å². The van der Waals surface area contributed by atoms with Gasteiger partial charge in [0, 0.05) is 44.5 Å². The molecule has 1 fully saturated rings. The molecule has 1 N–H and O–H groups in total. The van der Waals surface area contributed by atoms with Gasteiger partial charge in [-0.2, -0.15) is 5.10 Å². The summed E-state index contributed by atoms with van der Waals surface area (Å²) in [6, 6.07) is 5.83. The van der Waals surface area contributed by atoms with Gasteiger partial charge < -0.3 is 10.2 Å². The lowest BCUT2D eigenvalue weighted by atomic mass is 10.0. The molecule has 0 radical (unpaired) electrons. The van der Waals surface area contributed by atoms with E-state index < -0.39 is 0 Å². The molecule has 3 aromatic rings. The molecule has 26 heavy (non-hydrogen) atoms. The van der Waals surface area contributed by atoms with Crippen LogP contribution in [-0.4, -0.2) is 50.2 Å². The highest BCUT2D eigenvalue weighted by molar-refractivity contribution is 5.99. The van der Waals surface area contributed by atoms with Gasteiger partial charge in [-0.15, -0.1) is 0 Å². The number of hydrogen-bond acceptors (Lipinski definition) is 5. The normalized spacial score (nSPS) is 17.7. The van der Waals surface area contributed by atoms with Crippen molar-refractivity contribution in [3.05, 3.63) is 53.1 Å². The summed E-state index contributed by atoms with van der Waals surface area (Å²) in [5.74, 6) is 0.00973. The lowest BCUT2D eigenvalue weighted by molar-refractivity contribution is 0.0633. The molecule has 4 heterocycles. The number of rotatable bonds is 2. The molecule has 0 saturated carbocycles. The zero-order valence-corrected chi connectivity index (χ0v) is 15.2. The average Bonchev–Trinajstić information content (AvgIpc) is 2.94. The Labute approximate surface area is 152 Å². The first-order valence-corrected chi connectivity index (χ1v) is 8.79. The molecule has 1 saturated heterocycles. The lowest BCUT2D eigenvalue weighted by Gasteiger charge is -2.36. The van der Waals surface area contributed by atoms with E-state index in [1.165, 1.54) is 0 Å². The molecule has 7 heteroatoms. The summed E-state index contributed by atoms with van der Waals surface area (Å²) in [5.41, 5.74) is 4.10. The highest BCUT2D eigenvalue weighted by atomic mass is 16.2. The molecule has 1 unspecified atom stereocenters. The number of aryl methyl sites for hydroxylation is 3. The van der Waals surface area contributed by atoms with Gasteiger partial charge in [0.2, 0.25) is 0 Å². The van der Waals surface area contributed by atoms with Gasteiger partial charge in [0.1, 0.15) is 0 Å². The van der Waals surface area contributed by atoms with E-state index in [2.05, 4.69) is 20.4 Å². The number of pyridine rings is 2. The molecule has 7 nitrogen and oxygen atoms in total. The minimum atomic E-state index is -0.0324. The number of nitrogens with one attached hydrogen (secondary N) is 1. The first kappa shape index (κ1) is 16.7. The molecular formula is C19H22N6O. The van der Waals surface area contributed by atoms with E-state index in [1.807, 2.05) is 50.2 Å². The molecule has 0 bridgehead atoms. The number of carbonyl (C=O) groups is 1. The topological polar surface area (TPSA) is 75.9 Å². The summed E-state index contributed by atoms with van der Waals surface area (Å²) in [4.78, 5) is 24.1. The molecule has 0 aliphatic carbocycles. The van der Waals surface area contributed by atoms with Gasteiger partial charge in [-0.3, -0.25) is 14.5 Å². The van der Waals surface area contributed by atoms with Gasteiger partial charge in [0.05, 0.1) is 23.0 Å². The van der Waals surface area contributed by atoms with Crippen molar-refractivity contribution in [2.75, 3.05) is 19.6 Å². The number of aromatic nitrogens is 4. The van der Waals surface area contributed by atoms with Crippen molar-refractivity contribution in [1.29, 1.82) is 0 Å². The van der Waals surface area contributed by atoms with E-state index in [9.17, 15) is 4.79 Å². The Morgan fingerprint density at radius 3 is 2.92 bits per heavy atom. The Balaban J connectivity index is 1.75. The third kappa shape index (κ3) is 2.74. The molecule has 1 aliphatic heterocycles. The van der Waals surface area contributed by atoms with Crippen molar-refractivity contribution in [1.82, 2.24) is 30.0 Å². The summed E-state index contributed by atoms with van der Waals surface area (Å²) in [6.07, 6.45) is 3.58. The van der Waals surface area contributed by atoms with Crippen LogP contribution in [0.4, 0.5) is 0 Å². The smallest absolute Gasteiger partial charge is 0.256 e. The van der Waals surface area contributed by atoms with Gasteiger partial charge in [0.25, 0.3) is 5.91 Å². The van der Waals surface area contributed by atoms with Crippen LogP contribution in [0.1, 0.15) is 33.4 Å². The monoisotopic (exact) mass is 350 g/mol. The second-order valence-corrected chi connectivity index (χ2v) is 6.71. The molecule has 0 spiro atoms. The van der Waals surface area contributed by atoms with Crippen LogP contribution in [-0.2, 0) is 7.05 Å². The molecule has 0 aromatic carbocycles. The van der Waals surface area contributed by atoms with Crippen molar-refractivity contribution in [2.45, 2.75) is 19.9 Å². The Kier molecular flexibility index (Phi) is 4.16. The predicted molar refractivity (Wildman–Crippen MR) is 98.9 cm³/mol. The molecule has 1 aliphatic rings. The van der Waals surface area contributed by atoms with Crippen LogP contribution in [0, 0.1) is 13.8 Å². The number of fused-ring (bicyclic) bond motifs is 1. The first-order valence-electron chi connectivity index (χ1n) is 8.79. The third-order valence-electron chi connectivity index (χ3n) is 4.99. The van der Waals surface area contributed by atoms with Crippen LogP contribution in [0.25, 0.3) is 11.0 Å². The van der Waals surface area contributed by atoms with Gasteiger partial charge in [0.15, 0.2) is 5.65 Å². The summed E-state index contributed by atoms with van der Waals surface area (Å²) in [5, 5.41) is 8.72. The highest BCUT2D eigenvalue weighted by Gasteiger charge is 2.30. The van der Waals surface area contributed by atoms with E-state index in [0.29, 0.717) is 12.1 Å². The Hall–Kier alpha value is -2.80. The van der Waals surface area contributed by atoms with E-state index in [4.69, 9.17) is 0 Å². The maximum atomic E-state index is 13.4. The van der Waals surface area contributed by atoms with Gasteiger partial charge in [-0.05, 0) is 31.5 Å². The quantitative estimate of drug-likeness (QED) is 0.762. The lowest BCUT2D eigenvalue weighted by Crippen LogP contribution is -2.48. The van der Waals surface area contributed by atoms with E-state index in [0.717, 1.165) is 41.1 Å². The average molecular weight is 350 g/mol. The van der Waals surface area contributed by atoms with Crippen LogP contribution in [0.5, 0.6) is 0 Å². The molecule has 134 valence electrons. The summed E-state index contributed by atoms with van der Waals surface area (Å²) < 4.78 is 1.76. The zero-order chi connectivity index (χ0) is 18.3. The zero-order valence-electron chi connectivity index (χ0n) is 15.2. The fourth-order valence-electron chi connectivity index (χ4n) is 3.62. The van der Waals surface area contributed by atoms with Crippen LogP contribution in [0.15, 0.2) is 30.6 Å². The number of amides is 1. The molecular weight excluding hydrogens is 328 g/mol. The summed E-state index contributed by atoms with van der Waals surface area (Å²) in [7, 11) is 1.87. The number of carbonyl (C=O) groups excluding carboxylic acids is 1. The highest BCUT2D eigenvalue weighted by Crippen LogP contribution is 2.26. The number of hydrogen-bond donors (Lipinski definition) is 1. The van der Waals surface area contributed by atoms with Crippen molar-refractivity contribution >= 4 is 16.9 Å². The van der Waals surface area contributed by atoms with Crippen LogP contribution in [0.2, 0.25) is 0 Å². The van der Waals surface area contributed by atoms with Gasteiger partial charge >= 0.3 is 0 Å². The van der Waals surface area contributed by atoms with Crippen molar-refractivity contribution in [3.63, 3.8) is 0 Å². The minimum Gasteiger partial charge on any atom is -0.329 e. The number of nitrogens with zero attached hydrogens (tertiary/aromatic N) is 5. The Morgan fingerprint density at radius 1 is 1.31 bits per heavy atom. The summed E-state index contributed by atoms with van der Waals surface area (Å²) in [6.45, 7) is 5.98. The van der Waals surface area contributed by atoms with Crippen LogP contribution < -0.4 is 5.32 Å². The largest absolute Gasteiger partial charge is 0.329 e. The standard InChI is InChI=1S/C19H22N6O/c1-12-16(9-15-13(2)23-24(3)18(15)22-12)19(26)25-8-7-21-11-17(25)14-5-4-6-20-10-14/h4-6,9-10,17,21H,7-8,11H2,1-3H3. The third-order valence-corrected chi connectivity index (χ3v) is 4.99. The second-order valence-electron chi connectivity index (χ2n) is 6.71. The van der Waals surface area contributed by atoms with Crippen molar-refractivity contribution in [2.24, 2.45) is 7.05 Å².